The van der Waals surface area contributed by atoms with Crippen LogP contribution in [0.1, 0.15) is 27.4 Å². The molecule has 114 valence electrons. The SMILES string of the molecule is NCC(Cc1cccc([N+](=O)[O-])c1)c1ccccc1C(=O)O. The van der Waals surface area contributed by atoms with Crippen LogP contribution in [0.3, 0.4) is 0 Å². The van der Waals surface area contributed by atoms with E-state index in [1.54, 1.807) is 30.3 Å². The molecule has 0 amide bonds. The van der Waals surface area contributed by atoms with Crippen molar-refractivity contribution in [1.29, 1.82) is 0 Å². The number of carboxylic acids is 1. The van der Waals surface area contributed by atoms with E-state index in [0.717, 1.165) is 5.56 Å². The Balaban J connectivity index is 2.32. The maximum atomic E-state index is 11.3. The molecule has 0 aliphatic carbocycles. The maximum absolute atomic E-state index is 11.3. The minimum atomic E-state index is -1.01. The van der Waals surface area contributed by atoms with Crippen molar-refractivity contribution in [2.75, 3.05) is 6.54 Å². The summed E-state index contributed by atoms with van der Waals surface area (Å²) in [6.45, 7) is 0.257. The molecule has 0 heterocycles. The third-order valence-electron chi connectivity index (χ3n) is 3.52. The van der Waals surface area contributed by atoms with Crippen LogP contribution in [0, 0.1) is 10.1 Å². The number of hydrogen-bond acceptors (Lipinski definition) is 4. The van der Waals surface area contributed by atoms with Gasteiger partial charge in [0.1, 0.15) is 0 Å². The first kappa shape index (κ1) is 15.7. The average molecular weight is 300 g/mol. The van der Waals surface area contributed by atoms with Gasteiger partial charge in [-0.3, -0.25) is 10.1 Å². The van der Waals surface area contributed by atoms with Crippen molar-refractivity contribution in [3.63, 3.8) is 0 Å². The molecule has 0 aromatic heterocycles. The number of aromatic carboxylic acids is 1. The average Bonchev–Trinajstić information content (AvgIpc) is 2.52. The van der Waals surface area contributed by atoms with Gasteiger partial charge in [0, 0.05) is 18.1 Å². The Bertz CT molecular complexity index is 700. The molecule has 0 aliphatic rings. The van der Waals surface area contributed by atoms with Gasteiger partial charge in [-0.2, -0.15) is 0 Å². The fourth-order valence-corrected chi connectivity index (χ4v) is 2.45. The van der Waals surface area contributed by atoms with E-state index in [2.05, 4.69) is 0 Å². The Morgan fingerprint density at radius 3 is 2.59 bits per heavy atom. The summed E-state index contributed by atoms with van der Waals surface area (Å²) >= 11 is 0. The van der Waals surface area contributed by atoms with Gasteiger partial charge in [-0.05, 0) is 30.2 Å². The van der Waals surface area contributed by atoms with Crippen molar-refractivity contribution in [3.05, 3.63) is 75.3 Å². The van der Waals surface area contributed by atoms with Crippen LogP contribution in [0.2, 0.25) is 0 Å². The number of carbonyl (C=O) groups is 1. The van der Waals surface area contributed by atoms with Crippen LogP contribution in [-0.4, -0.2) is 22.5 Å². The van der Waals surface area contributed by atoms with Crippen LogP contribution in [0.25, 0.3) is 0 Å². The molecule has 0 bridgehead atoms. The van der Waals surface area contributed by atoms with Crippen LogP contribution >= 0.6 is 0 Å². The number of non-ortho nitro benzene ring substituents is 1. The zero-order valence-corrected chi connectivity index (χ0v) is 11.8. The minimum absolute atomic E-state index is 0.0137. The highest BCUT2D eigenvalue weighted by molar-refractivity contribution is 5.89. The molecule has 22 heavy (non-hydrogen) atoms. The second-order valence-electron chi connectivity index (χ2n) is 4.96. The number of benzene rings is 2. The van der Waals surface area contributed by atoms with Gasteiger partial charge < -0.3 is 10.8 Å². The molecule has 2 aromatic carbocycles. The summed E-state index contributed by atoms with van der Waals surface area (Å²) < 4.78 is 0. The Kier molecular flexibility index (Phi) is 4.85. The molecule has 2 rings (SSSR count). The van der Waals surface area contributed by atoms with Crippen molar-refractivity contribution < 1.29 is 14.8 Å². The monoisotopic (exact) mass is 300 g/mol. The summed E-state index contributed by atoms with van der Waals surface area (Å²) in [6.07, 6.45) is 0.447. The van der Waals surface area contributed by atoms with E-state index in [0.29, 0.717) is 12.0 Å². The van der Waals surface area contributed by atoms with Crippen molar-refractivity contribution in [2.24, 2.45) is 5.73 Å². The zero-order valence-electron chi connectivity index (χ0n) is 11.8. The lowest BCUT2D eigenvalue weighted by atomic mass is 9.88. The van der Waals surface area contributed by atoms with Crippen LogP contribution in [-0.2, 0) is 6.42 Å². The lowest BCUT2D eigenvalue weighted by molar-refractivity contribution is -0.384. The topological polar surface area (TPSA) is 106 Å². The van der Waals surface area contributed by atoms with Gasteiger partial charge in [0.25, 0.3) is 5.69 Å². The minimum Gasteiger partial charge on any atom is -0.478 e. The number of nitrogens with two attached hydrogens (primary N) is 1. The van der Waals surface area contributed by atoms with Crippen molar-refractivity contribution in [1.82, 2.24) is 0 Å². The summed E-state index contributed by atoms with van der Waals surface area (Å²) in [5.41, 5.74) is 7.41. The van der Waals surface area contributed by atoms with Gasteiger partial charge in [0.05, 0.1) is 10.5 Å². The molecule has 0 spiro atoms. The fraction of sp³-hybridized carbons (Fsp3) is 0.188. The Morgan fingerprint density at radius 1 is 1.23 bits per heavy atom. The molecule has 2 aromatic rings. The number of carboxylic acid groups (broad SMARTS) is 1. The molecular weight excluding hydrogens is 284 g/mol. The maximum Gasteiger partial charge on any atom is 0.335 e. The molecule has 0 fully saturated rings. The van der Waals surface area contributed by atoms with E-state index >= 15 is 0 Å². The van der Waals surface area contributed by atoms with Crippen LogP contribution in [0.4, 0.5) is 5.69 Å². The first-order valence-electron chi connectivity index (χ1n) is 6.78. The van der Waals surface area contributed by atoms with E-state index < -0.39 is 10.9 Å². The fourth-order valence-electron chi connectivity index (χ4n) is 2.45. The molecule has 6 nitrogen and oxygen atoms in total. The third kappa shape index (κ3) is 3.48. The van der Waals surface area contributed by atoms with Crippen LogP contribution in [0.15, 0.2) is 48.5 Å². The summed E-state index contributed by atoms with van der Waals surface area (Å²) in [4.78, 5) is 21.7. The highest BCUT2D eigenvalue weighted by atomic mass is 16.6. The summed E-state index contributed by atoms with van der Waals surface area (Å²) in [5.74, 6) is -1.22. The third-order valence-corrected chi connectivity index (χ3v) is 3.52. The zero-order chi connectivity index (χ0) is 16.1. The Hall–Kier alpha value is -2.73. The molecule has 0 saturated carbocycles. The highest BCUT2D eigenvalue weighted by Gasteiger charge is 2.18. The quantitative estimate of drug-likeness (QED) is 0.630. The molecular formula is C16H16N2O4. The largest absolute Gasteiger partial charge is 0.478 e. The molecule has 3 N–H and O–H groups in total. The van der Waals surface area contributed by atoms with Crippen molar-refractivity contribution in [2.45, 2.75) is 12.3 Å². The summed E-state index contributed by atoms with van der Waals surface area (Å²) in [6, 6.07) is 13.0. The first-order chi connectivity index (χ1) is 10.5. The van der Waals surface area contributed by atoms with Gasteiger partial charge in [0.2, 0.25) is 0 Å². The number of rotatable bonds is 6. The van der Waals surface area contributed by atoms with Crippen LogP contribution in [0.5, 0.6) is 0 Å². The normalized spacial score (nSPS) is 11.9. The van der Waals surface area contributed by atoms with E-state index in [-0.39, 0.29) is 23.7 Å². The highest BCUT2D eigenvalue weighted by Crippen LogP contribution is 2.25. The molecule has 6 heteroatoms. The van der Waals surface area contributed by atoms with E-state index in [4.69, 9.17) is 5.73 Å². The second kappa shape index (κ2) is 6.82. The molecule has 0 radical (unpaired) electrons. The first-order valence-corrected chi connectivity index (χ1v) is 6.78. The van der Waals surface area contributed by atoms with Gasteiger partial charge >= 0.3 is 5.97 Å². The van der Waals surface area contributed by atoms with Crippen LogP contribution < -0.4 is 5.73 Å². The molecule has 0 aliphatic heterocycles. The lowest BCUT2D eigenvalue weighted by Gasteiger charge is -2.17. The standard InChI is InChI=1S/C16H16N2O4/c17-10-12(14-6-1-2-7-15(14)16(19)20)8-11-4-3-5-13(9-11)18(21)22/h1-7,9,12H,8,10,17H2,(H,19,20). The number of nitro groups is 1. The number of nitro benzene ring substituents is 1. The summed E-state index contributed by atoms with van der Waals surface area (Å²) in [5, 5.41) is 20.1. The predicted octanol–water partition coefficient (Wildman–Crippen LogP) is 2.58. The van der Waals surface area contributed by atoms with E-state index in [1.165, 1.54) is 18.2 Å². The second-order valence-corrected chi connectivity index (χ2v) is 4.96. The van der Waals surface area contributed by atoms with E-state index in [9.17, 15) is 20.0 Å². The Labute approximate surface area is 127 Å². The smallest absolute Gasteiger partial charge is 0.335 e. The van der Waals surface area contributed by atoms with Gasteiger partial charge in [-0.1, -0.05) is 30.3 Å². The van der Waals surface area contributed by atoms with Crippen molar-refractivity contribution >= 4 is 11.7 Å². The van der Waals surface area contributed by atoms with Crippen molar-refractivity contribution in [3.8, 4) is 0 Å². The number of nitrogens with zero attached hydrogens (tertiary/aromatic N) is 1. The molecule has 1 unspecified atom stereocenters. The van der Waals surface area contributed by atoms with E-state index in [1.807, 2.05) is 0 Å². The van der Waals surface area contributed by atoms with Gasteiger partial charge in [0.15, 0.2) is 0 Å². The number of hydrogen-bond donors (Lipinski definition) is 2. The molecule has 1 atom stereocenters. The lowest BCUT2D eigenvalue weighted by Crippen LogP contribution is -2.18. The Morgan fingerprint density at radius 2 is 1.95 bits per heavy atom. The van der Waals surface area contributed by atoms with Gasteiger partial charge in [-0.15, -0.1) is 0 Å². The van der Waals surface area contributed by atoms with Gasteiger partial charge in [-0.25, -0.2) is 4.79 Å². The molecule has 0 saturated heterocycles. The predicted molar refractivity (Wildman–Crippen MR) is 82.0 cm³/mol. The summed E-state index contributed by atoms with van der Waals surface area (Å²) in [7, 11) is 0.